The fourth-order valence-corrected chi connectivity index (χ4v) is 3.88. The maximum atomic E-state index is 11.8. The van der Waals surface area contributed by atoms with E-state index in [1.807, 2.05) is 6.07 Å². The zero-order valence-corrected chi connectivity index (χ0v) is 13.2. The number of benzene rings is 2. The standard InChI is InChI=1S/C19H19NO4/c20-13-6-2-1-4-10(13)16-11-5-3-7-15(22)18(11)24-19-12(16)8-9-14(21)17(19)23/h3,5,7-10,13,22-23H,1-2,4,6,20H2. The zero-order valence-electron chi connectivity index (χ0n) is 13.2. The second kappa shape index (κ2) is 5.53. The van der Waals surface area contributed by atoms with Crippen molar-refractivity contribution in [3.63, 3.8) is 0 Å². The van der Waals surface area contributed by atoms with E-state index in [1.165, 1.54) is 12.1 Å². The first-order valence-corrected chi connectivity index (χ1v) is 8.24. The molecule has 0 amide bonds. The number of nitrogens with two attached hydrogens (primary N) is 1. The van der Waals surface area contributed by atoms with Gasteiger partial charge in [0.2, 0.25) is 11.2 Å². The lowest BCUT2D eigenvalue weighted by molar-refractivity contribution is 0.385. The molecule has 0 saturated heterocycles. The molecule has 1 saturated carbocycles. The molecular weight excluding hydrogens is 306 g/mol. The fraction of sp³-hybridized carbons (Fsp3) is 0.316. The number of hydrogen-bond donors (Lipinski definition) is 3. The van der Waals surface area contributed by atoms with Crippen LogP contribution in [0.3, 0.4) is 0 Å². The maximum absolute atomic E-state index is 11.8. The van der Waals surface area contributed by atoms with Gasteiger partial charge in [-0.05, 0) is 36.6 Å². The van der Waals surface area contributed by atoms with E-state index in [4.69, 9.17) is 10.2 Å². The van der Waals surface area contributed by atoms with Crippen LogP contribution >= 0.6 is 0 Å². The predicted molar refractivity (Wildman–Crippen MR) is 91.6 cm³/mol. The SMILES string of the molecule is NC1CCCCC1c1c2ccc(=O)c(O)c-2oc2c(O)cccc12. The van der Waals surface area contributed by atoms with E-state index >= 15 is 0 Å². The molecule has 2 atom stereocenters. The molecule has 1 aromatic carbocycles. The van der Waals surface area contributed by atoms with Crippen molar-refractivity contribution < 1.29 is 14.6 Å². The maximum Gasteiger partial charge on any atom is 0.224 e. The Morgan fingerprint density at radius 2 is 1.88 bits per heavy atom. The predicted octanol–water partition coefficient (Wildman–Crippen LogP) is 3.29. The first kappa shape index (κ1) is 15.0. The van der Waals surface area contributed by atoms with Gasteiger partial charge in [0.25, 0.3) is 0 Å². The van der Waals surface area contributed by atoms with Crippen molar-refractivity contribution in [3.8, 4) is 22.8 Å². The van der Waals surface area contributed by atoms with E-state index < -0.39 is 11.2 Å². The first-order valence-electron chi connectivity index (χ1n) is 8.24. The molecule has 2 aliphatic carbocycles. The van der Waals surface area contributed by atoms with Gasteiger partial charge < -0.3 is 20.4 Å². The van der Waals surface area contributed by atoms with Crippen LogP contribution in [0.5, 0.6) is 11.5 Å². The van der Waals surface area contributed by atoms with Crippen LogP contribution in [0.15, 0.2) is 39.5 Å². The topological polar surface area (TPSA) is 96.7 Å². The molecule has 4 rings (SSSR count). The van der Waals surface area contributed by atoms with Crippen LogP contribution in [0.4, 0.5) is 0 Å². The van der Waals surface area contributed by atoms with E-state index in [1.54, 1.807) is 12.1 Å². The molecule has 1 aromatic rings. The fourth-order valence-electron chi connectivity index (χ4n) is 3.88. The Morgan fingerprint density at radius 1 is 1.08 bits per heavy atom. The van der Waals surface area contributed by atoms with Crippen molar-refractivity contribution in [3.05, 3.63) is 46.1 Å². The molecule has 1 fully saturated rings. The largest absolute Gasteiger partial charge is 0.504 e. The van der Waals surface area contributed by atoms with Gasteiger partial charge in [-0.3, -0.25) is 4.79 Å². The average molecular weight is 325 g/mol. The Morgan fingerprint density at radius 3 is 2.67 bits per heavy atom. The minimum Gasteiger partial charge on any atom is -0.504 e. The van der Waals surface area contributed by atoms with Crippen molar-refractivity contribution in [2.24, 2.45) is 5.73 Å². The highest BCUT2D eigenvalue weighted by Crippen LogP contribution is 2.46. The lowest BCUT2D eigenvalue weighted by Gasteiger charge is -2.31. The van der Waals surface area contributed by atoms with E-state index in [0.717, 1.165) is 36.6 Å². The summed E-state index contributed by atoms with van der Waals surface area (Å²) >= 11 is 0. The number of rotatable bonds is 1. The number of aromatic hydroxyl groups is 2. The highest BCUT2D eigenvalue weighted by molar-refractivity contribution is 5.93. The highest BCUT2D eigenvalue weighted by atomic mass is 16.4. The molecular formula is C19H19NO4. The summed E-state index contributed by atoms with van der Waals surface area (Å²) in [5.74, 6) is -0.234. The van der Waals surface area contributed by atoms with Crippen LogP contribution in [-0.2, 0) is 0 Å². The molecule has 4 N–H and O–H groups in total. The normalized spacial score (nSPS) is 21.4. The van der Waals surface area contributed by atoms with Gasteiger partial charge in [0.15, 0.2) is 17.1 Å². The first-order chi connectivity index (χ1) is 11.6. The van der Waals surface area contributed by atoms with Gasteiger partial charge in [-0.1, -0.05) is 25.0 Å². The number of phenolic OH excluding ortho intramolecular Hbond substituents is 2. The lowest BCUT2D eigenvalue weighted by atomic mass is 9.77. The third-order valence-corrected chi connectivity index (χ3v) is 5.06. The van der Waals surface area contributed by atoms with Crippen molar-refractivity contribution in [2.45, 2.75) is 37.6 Å². The number of phenols is 2. The highest BCUT2D eigenvalue weighted by Gasteiger charge is 2.31. The van der Waals surface area contributed by atoms with Crippen molar-refractivity contribution >= 4 is 11.0 Å². The Labute approximate surface area is 138 Å². The third kappa shape index (κ3) is 2.16. The summed E-state index contributed by atoms with van der Waals surface area (Å²) in [5.41, 5.74) is 7.79. The van der Waals surface area contributed by atoms with Crippen LogP contribution in [0.2, 0.25) is 0 Å². The average Bonchev–Trinajstić information content (AvgIpc) is 2.58. The summed E-state index contributed by atoms with van der Waals surface area (Å²) in [4.78, 5) is 11.8. The summed E-state index contributed by atoms with van der Waals surface area (Å²) < 4.78 is 5.71. The minimum atomic E-state index is -0.500. The van der Waals surface area contributed by atoms with Crippen LogP contribution in [-0.4, -0.2) is 16.3 Å². The van der Waals surface area contributed by atoms with Crippen molar-refractivity contribution in [1.82, 2.24) is 0 Å². The number of hydrogen-bond acceptors (Lipinski definition) is 5. The smallest absolute Gasteiger partial charge is 0.224 e. The van der Waals surface area contributed by atoms with Gasteiger partial charge in [-0.2, -0.15) is 0 Å². The molecule has 0 bridgehead atoms. The van der Waals surface area contributed by atoms with Gasteiger partial charge in [-0.25, -0.2) is 0 Å². The molecule has 24 heavy (non-hydrogen) atoms. The van der Waals surface area contributed by atoms with Gasteiger partial charge in [0.1, 0.15) is 0 Å². The van der Waals surface area contributed by atoms with E-state index in [-0.39, 0.29) is 29.1 Å². The molecule has 1 heterocycles. The second-order valence-electron chi connectivity index (χ2n) is 6.51. The summed E-state index contributed by atoms with van der Waals surface area (Å²) in [6, 6.07) is 8.21. The molecule has 5 nitrogen and oxygen atoms in total. The van der Waals surface area contributed by atoms with E-state index in [0.29, 0.717) is 5.56 Å². The third-order valence-electron chi connectivity index (χ3n) is 5.06. The van der Waals surface area contributed by atoms with Crippen molar-refractivity contribution in [2.75, 3.05) is 0 Å². The quantitative estimate of drug-likeness (QED) is 0.597. The van der Waals surface area contributed by atoms with E-state index in [9.17, 15) is 15.0 Å². The lowest BCUT2D eigenvalue weighted by Crippen LogP contribution is -2.32. The number of para-hydroxylation sites is 1. The van der Waals surface area contributed by atoms with Gasteiger partial charge in [0, 0.05) is 22.9 Å². The van der Waals surface area contributed by atoms with E-state index in [2.05, 4.69) is 0 Å². The van der Waals surface area contributed by atoms with Crippen LogP contribution in [0.1, 0.15) is 37.2 Å². The summed E-state index contributed by atoms with van der Waals surface area (Å²) in [6.45, 7) is 0. The summed E-state index contributed by atoms with van der Waals surface area (Å²) in [7, 11) is 0. The molecule has 5 heteroatoms. The number of fused-ring (bicyclic) bond motifs is 2. The molecule has 0 aromatic heterocycles. The molecule has 0 spiro atoms. The monoisotopic (exact) mass is 325 g/mol. The summed E-state index contributed by atoms with van der Waals surface area (Å²) in [5, 5.41) is 21.2. The molecule has 2 unspecified atom stereocenters. The van der Waals surface area contributed by atoms with Gasteiger partial charge in [-0.15, -0.1) is 0 Å². The van der Waals surface area contributed by atoms with Gasteiger partial charge >= 0.3 is 0 Å². The second-order valence-corrected chi connectivity index (χ2v) is 6.51. The summed E-state index contributed by atoms with van der Waals surface area (Å²) in [6.07, 6.45) is 4.05. The van der Waals surface area contributed by atoms with Crippen LogP contribution < -0.4 is 11.2 Å². The Kier molecular flexibility index (Phi) is 3.46. The molecule has 0 radical (unpaired) electrons. The molecule has 3 aliphatic rings. The minimum absolute atomic E-state index is 0.00368. The Hall–Kier alpha value is -2.53. The zero-order chi connectivity index (χ0) is 16.8. The van der Waals surface area contributed by atoms with Gasteiger partial charge in [0.05, 0.1) is 0 Å². The van der Waals surface area contributed by atoms with Crippen LogP contribution in [0.25, 0.3) is 22.3 Å². The van der Waals surface area contributed by atoms with Crippen LogP contribution in [0, 0.1) is 0 Å². The molecule has 124 valence electrons. The Balaban J connectivity index is 2.13. The van der Waals surface area contributed by atoms with Crippen molar-refractivity contribution in [1.29, 1.82) is 0 Å². The Bertz CT molecular complexity index is 946. The molecule has 1 aliphatic heterocycles.